The van der Waals surface area contributed by atoms with Gasteiger partial charge in [0.05, 0.1) is 0 Å². The van der Waals surface area contributed by atoms with Crippen molar-refractivity contribution in [1.82, 2.24) is 4.57 Å². The molecule has 1 aromatic carbocycles. The van der Waals surface area contributed by atoms with Gasteiger partial charge in [-0.05, 0) is 31.0 Å². The van der Waals surface area contributed by atoms with Gasteiger partial charge in [-0.1, -0.05) is 6.07 Å². The molecule has 3 rings (SSSR count). The number of Topliss-reactive ketones (excluding diaryl/α,β-unsaturated/α-hetero) is 1. The van der Waals surface area contributed by atoms with Crippen LogP contribution in [0.25, 0.3) is 5.69 Å². The Balaban J connectivity index is 2.22. The second-order valence-electron chi connectivity index (χ2n) is 4.39. The SMILES string of the molecule is O=C1CCCc2c1ccn2-c1c(F)cccc1F. The smallest absolute Gasteiger partial charge is 0.164 e. The van der Waals surface area contributed by atoms with Crippen molar-refractivity contribution >= 4 is 5.78 Å². The first kappa shape index (κ1) is 11.1. The maximum Gasteiger partial charge on any atom is 0.164 e. The lowest BCUT2D eigenvalue weighted by molar-refractivity contribution is 0.0972. The normalized spacial score (nSPS) is 14.7. The summed E-state index contributed by atoms with van der Waals surface area (Å²) in [4.78, 5) is 11.7. The van der Waals surface area contributed by atoms with E-state index >= 15 is 0 Å². The number of aromatic nitrogens is 1. The summed E-state index contributed by atoms with van der Waals surface area (Å²) < 4.78 is 28.9. The van der Waals surface area contributed by atoms with Crippen molar-refractivity contribution < 1.29 is 13.6 Å². The number of benzene rings is 1. The molecule has 18 heavy (non-hydrogen) atoms. The third kappa shape index (κ3) is 1.56. The molecule has 0 N–H and O–H groups in total. The van der Waals surface area contributed by atoms with Gasteiger partial charge >= 0.3 is 0 Å². The number of carbonyl (C=O) groups is 1. The number of hydrogen-bond acceptors (Lipinski definition) is 1. The number of hydrogen-bond donors (Lipinski definition) is 0. The molecule has 92 valence electrons. The van der Waals surface area contributed by atoms with Crippen molar-refractivity contribution in [3.05, 3.63) is 53.4 Å². The lowest BCUT2D eigenvalue weighted by Crippen LogP contribution is -2.13. The van der Waals surface area contributed by atoms with Crippen LogP contribution < -0.4 is 0 Å². The molecule has 0 bridgehead atoms. The first-order valence-electron chi connectivity index (χ1n) is 5.86. The van der Waals surface area contributed by atoms with Gasteiger partial charge in [-0.2, -0.15) is 0 Å². The van der Waals surface area contributed by atoms with E-state index in [4.69, 9.17) is 0 Å². The second-order valence-corrected chi connectivity index (χ2v) is 4.39. The molecule has 4 heteroatoms. The molecule has 2 nitrogen and oxygen atoms in total. The third-order valence-corrected chi connectivity index (χ3v) is 3.29. The maximum atomic E-state index is 13.7. The molecule has 0 saturated carbocycles. The van der Waals surface area contributed by atoms with Crippen molar-refractivity contribution in [2.45, 2.75) is 19.3 Å². The van der Waals surface area contributed by atoms with Gasteiger partial charge in [-0.3, -0.25) is 4.79 Å². The average Bonchev–Trinajstić information content (AvgIpc) is 2.75. The van der Waals surface area contributed by atoms with Gasteiger partial charge in [0.25, 0.3) is 0 Å². The van der Waals surface area contributed by atoms with Crippen molar-refractivity contribution in [3.8, 4) is 5.69 Å². The Labute approximate surface area is 103 Å². The molecule has 2 aromatic rings. The van der Waals surface area contributed by atoms with E-state index in [1.54, 1.807) is 12.3 Å². The summed E-state index contributed by atoms with van der Waals surface area (Å²) in [6.07, 6.45) is 3.47. The number of carbonyl (C=O) groups excluding carboxylic acids is 1. The Bertz CT molecular complexity index is 610. The van der Waals surface area contributed by atoms with Gasteiger partial charge < -0.3 is 4.57 Å². The molecule has 1 aromatic heterocycles. The molecule has 0 saturated heterocycles. The van der Waals surface area contributed by atoms with Gasteiger partial charge in [0, 0.05) is 23.9 Å². The van der Waals surface area contributed by atoms with E-state index in [0.29, 0.717) is 24.1 Å². The number of fused-ring (bicyclic) bond motifs is 1. The lowest BCUT2D eigenvalue weighted by Gasteiger charge is -2.15. The minimum absolute atomic E-state index is 0.0479. The summed E-state index contributed by atoms with van der Waals surface area (Å²) in [6.45, 7) is 0. The van der Waals surface area contributed by atoms with Gasteiger partial charge in [0.15, 0.2) is 5.78 Å². The zero-order chi connectivity index (χ0) is 12.7. The first-order chi connectivity index (χ1) is 8.68. The third-order valence-electron chi connectivity index (χ3n) is 3.29. The second kappa shape index (κ2) is 4.05. The molecule has 1 heterocycles. The highest BCUT2D eigenvalue weighted by Gasteiger charge is 2.23. The summed E-state index contributed by atoms with van der Waals surface area (Å²) in [5.41, 5.74) is 1.19. The van der Waals surface area contributed by atoms with Crippen molar-refractivity contribution in [1.29, 1.82) is 0 Å². The predicted molar refractivity (Wildman–Crippen MR) is 63.0 cm³/mol. The number of para-hydroxylation sites is 1. The fourth-order valence-electron chi connectivity index (χ4n) is 2.45. The highest BCUT2D eigenvalue weighted by atomic mass is 19.1. The molecule has 0 radical (unpaired) electrons. The molecule has 0 fully saturated rings. The van der Waals surface area contributed by atoms with E-state index in [1.807, 2.05) is 0 Å². The Morgan fingerprint density at radius 3 is 2.50 bits per heavy atom. The molecule has 0 amide bonds. The maximum absolute atomic E-state index is 13.7. The minimum atomic E-state index is -0.619. The van der Waals surface area contributed by atoms with Crippen LogP contribution in [0.15, 0.2) is 30.5 Å². The van der Waals surface area contributed by atoms with Crippen molar-refractivity contribution in [2.24, 2.45) is 0 Å². The predicted octanol–water partition coefficient (Wildman–Crippen LogP) is 3.27. The fraction of sp³-hybridized carbons (Fsp3) is 0.214. The summed E-state index contributed by atoms with van der Waals surface area (Å²) in [5.74, 6) is -1.19. The van der Waals surface area contributed by atoms with Crippen LogP contribution in [0.2, 0.25) is 0 Å². The number of halogens is 2. The largest absolute Gasteiger partial charge is 0.315 e. The molecule has 0 aliphatic heterocycles. The minimum Gasteiger partial charge on any atom is -0.315 e. The molecule has 0 unspecified atom stereocenters. The zero-order valence-electron chi connectivity index (χ0n) is 9.62. The van der Waals surface area contributed by atoms with Gasteiger partial charge in [0.2, 0.25) is 0 Å². The Hall–Kier alpha value is -1.97. The molecule has 0 atom stereocenters. The summed E-state index contributed by atoms with van der Waals surface area (Å²) in [6, 6.07) is 5.41. The van der Waals surface area contributed by atoms with Gasteiger partial charge in [0.1, 0.15) is 17.3 Å². The van der Waals surface area contributed by atoms with Crippen LogP contribution in [0, 0.1) is 11.6 Å². The topological polar surface area (TPSA) is 22.0 Å². The lowest BCUT2D eigenvalue weighted by atomic mass is 9.97. The Kier molecular flexibility index (Phi) is 2.51. The van der Waals surface area contributed by atoms with E-state index in [-0.39, 0.29) is 11.5 Å². The zero-order valence-corrected chi connectivity index (χ0v) is 9.62. The quantitative estimate of drug-likeness (QED) is 0.758. The molecule has 0 spiro atoms. The number of nitrogens with zero attached hydrogens (tertiary/aromatic N) is 1. The first-order valence-corrected chi connectivity index (χ1v) is 5.86. The Morgan fingerprint density at radius 1 is 1.06 bits per heavy atom. The Morgan fingerprint density at radius 2 is 1.78 bits per heavy atom. The molecular formula is C14H11F2NO. The fourth-order valence-corrected chi connectivity index (χ4v) is 2.45. The van der Waals surface area contributed by atoms with Crippen LogP contribution in [0.3, 0.4) is 0 Å². The summed E-state index contributed by atoms with van der Waals surface area (Å²) in [5, 5.41) is 0. The van der Waals surface area contributed by atoms with E-state index in [2.05, 4.69) is 0 Å². The standard InChI is InChI=1S/C14H11F2NO/c15-10-3-1-4-11(16)14(10)17-8-7-9-12(17)5-2-6-13(9)18/h1,3-4,7-8H,2,5-6H2. The highest BCUT2D eigenvalue weighted by molar-refractivity contribution is 5.98. The van der Waals surface area contributed by atoms with E-state index in [9.17, 15) is 13.6 Å². The van der Waals surface area contributed by atoms with Crippen LogP contribution in [-0.4, -0.2) is 10.4 Å². The van der Waals surface area contributed by atoms with Crippen molar-refractivity contribution in [2.75, 3.05) is 0 Å². The van der Waals surface area contributed by atoms with E-state index in [1.165, 1.54) is 22.8 Å². The van der Waals surface area contributed by atoms with E-state index in [0.717, 1.165) is 6.42 Å². The van der Waals surface area contributed by atoms with Crippen LogP contribution in [0.4, 0.5) is 8.78 Å². The van der Waals surface area contributed by atoms with Crippen LogP contribution in [0.1, 0.15) is 28.9 Å². The van der Waals surface area contributed by atoms with Gasteiger partial charge in [-0.15, -0.1) is 0 Å². The summed E-state index contributed by atoms with van der Waals surface area (Å²) in [7, 11) is 0. The van der Waals surface area contributed by atoms with Crippen LogP contribution >= 0.6 is 0 Å². The number of rotatable bonds is 1. The monoisotopic (exact) mass is 247 g/mol. The summed E-state index contributed by atoms with van der Waals surface area (Å²) >= 11 is 0. The molecular weight excluding hydrogens is 236 g/mol. The van der Waals surface area contributed by atoms with Crippen LogP contribution in [0.5, 0.6) is 0 Å². The molecule has 1 aliphatic rings. The van der Waals surface area contributed by atoms with Crippen molar-refractivity contribution in [3.63, 3.8) is 0 Å². The highest BCUT2D eigenvalue weighted by Crippen LogP contribution is 2.27. The van der Waals surface area contributed by atoms with Crippen LogP contribution in [-0.2, 0) is 6.42 Å². The molecule has 1 aliphatic carbocycles. The van der Waals surface area contributed by atoms with E-state index < -0.39 is 11.6 Å². The number of ketones is 1. The average molecular weight is 247 g/mol. The van der Waals surface area contributed by atoms with Gasteiger partial charge in [-0.25, -0.2) is 8.78 Å².